The van der Waals surface area contributed by atoms with Crippen LogP contribution in [0.3, 0.4) is 0 Å². The van der Waals surface area contributed by atoms with E-state index in [2.05, 4.69) is 5.32 Å². The van der Waals surface area contributed by atoms with Gasteiger partial charge < -0.3 is 24.6 Å². The standard InChI is InChI=1S/C16H21NO6/c1-21-12-4-3-11(9-13(12)22-2)14(18)17-10-16(15(19)20)5-7-23-8-6-16/h3-4,9H,5-8,10H2,1-2H3,(H,17,18)(H,19,20). The van der Waals surface area contributed by atoms with Gasteiger partial charge >= 0.3 is 5.97 Å². The van der Waals surface area contributed by atoms with Gasteiger partial charge in [0.1, 0.15) is 0 Å². The Hall–Kier alpha value is -2.28. The molecule has 1 aromatic carbocycles. The van der Waals surface area contributed by atoms with E-state index in [-0.39, 0.29) is 12.5 Å². The maximum Gasteiger partial charge on any atom is 0.311 e. The fourth-order valence-corrected chi connectivity index (χ4v) is 2.56. The normalized spacial score (nSPS) is 16.4. The molecule has 1 saturated heterocycles. The summed E-state index contributed by atoms with van der Waals surface area (Å²) in [5.41, 5.74) is -0.583. The molecular weight excluding hydrogens is 302 g/mol. The number of aliphatic carboxylic acids is 1. The summed E-state index contributed by atoms with van der Waals surface area (Å²) in [5, 5.41) is 12.2. The van der Waals surface area contributed by atoms with E-state index < -0.39 is 11.4 Å². The second kappa shape index (κ2) is 7.32. The quantitative estimate of drug-likeness (QED) is 0.820. The van der Waals surface area contributed by atoms with Gasteiger partial charge in [0.2, 0.25) is 0 Å². The summed E-state index contributed by atoms with van der Waals surface area (Å²) >= 11 is 0. The number of nitrogens with one attached hydrogen (secondary N) is 1. The van der Waals surface area contributed by atoms with E-state index in [1.165, 1.54) is 14.2 Å². The Kier molecular flexibility index (Phi) is 5.44. The highest BCUT2D eigenvalue weighted by Crippen LogP contribution is 2.31. The minimum absolute atomic E-state index is 0.0683. The van der Waals surface area contributed by atoms with Gasteiger partial charge in [0, 0.05) is 25.3 Å². The average molecular weight is 323 g/mol. The minimum atomic E-state index is -0.968. The van der Waals surface area contributed by atoms with Crippen LogP contribution in [0.5, 0.6) is 11.5 Å². The van der Waals surface area contributed by atoms with E-state index >= 15 is 0 Å². The molecular formula is C16H21NO6. The molecule has 0 bridgehead atoms. The molecule has 7 heteroatoms. The molecule has 1 heterocycles. The van der Waals surface area contributed by atoms with Crippen LogP contribution < -0.4 is 14.8 Å². The first-order valence-corrected chi connectivity index (χ1v) is 7.34. The lowest BCUT2D eigenvalue weighted by Gasteiger charge is -2.33. The van der Waals surface area contributed by atoms with Crippen LogP contribution in [0.4, 0.5) is 0 Å². The summed E-state index contributed by atoms with van der Waals surface area (Å²) in [6.45, 7) is 0.843. The van der Waals surface area contributed by atoms with E-state index in [0.29, 0.717) is 43.1 Å². The van der Waals surface area contributed by atoms with Crippen molar-refractivity contribution in [3.8, 4) is 11.5 Å². The smallest absolute Gasteiger partial charge is 0.311 e. The van der Waals surface area contributed by atoms with E-state index in [9.17, 15) is 14.7 Å². The first-order valence-electron chi connectivity index (χ1n) is 7.34. The molecule has 1 amide bonds. The molecule has 2 N–H and O–H groups in total. The molecule has 2 rings (SSSR count). The lowest BCUT2D eigenvalue weighted by atomic mass is 9.80. The molecule has 1 fully saturated rings. The van der Waals surface area contributed by atoms with E-state index in [0.717, 1.165) is 0 Å². The number of carboxylic acid groups (broad SMARTS) is 1. The fraction of sp³-hybridized carbons (Fsp3) is 0.500. The highest BCUT2D eigenvalue weighted by molar-refractivity contribution is 5.95. The molecule has 1 aromatic rings. The Morgan fingerprint density at radius 1 is 1.22 bits per heavy atom. The van der Waals surface area contributed by atoms with Crippen molar-refractivity contribution in [3.05, 3.63) is 23.8 Å². The summed E-state index contributed by atoms with van der Waals surface area (Å²) in [6.07, 6.45) is 0.767. The number of carboxylic acids is 1. The summed E-state index contributed by atoms with van der Waals surface area (Å²) < 4.78 is 15.5. The number of carbonyl (C=O) groups excluding carboxylic acids is 1. The predicted octanol–water partition coefficient (Wildman–Crippen LogP) is 1.31. The zero-order chi connectivity index (χ0) is 16.9. The maximum atomic E-state index is 12.3. The van der Waals surface area contributed by atoms with E-state index in [1.807, 2.05) is 0 Å². The molecule has 0 spiro atoms. The lowest BCUT2D eigenvalue weighted by Crippen LogP contribution is -2.46. The zero-order valence-corrected chi connectivity index (χ0v) is 13.3. The van der Waals surface area contributed by atoms with Crippen molar-refractivity contribution >= 4 is 11.9 Å². The monoisotopic (exact) mass is 323 g/mol. The predicted molar refractivity (Wildman–Crippen MR) is 82.0 cm³/mol. The average Bonchev–Trinajstić information content (AvgIpc) is 2.59. The van der Waals surface area contributed by atoms with Crippen molar-refractivity contribution in [2.45, 2.75) is 12.8 Å². The van der Waals surface area contributed by atoms with Crippen LogP contribution >= 0.6 is 0 Å². The highest BCUT2D eigenvalue weighted by Gasteiger charge is 2.40. The topological polar surface area (TPSA) is 94.1 Å². The maximum absolute atomic E-state index is 12.3. The van der Waals surface area contributed by atoms with Crippen molar-refractivity contribution in [2.75, 3.05) is 34.0 Å². The molecule has 0 atom stereocenters. The first kappa shape index (κ1) is 17.1. The van der Waals surface area contributed by atoms with Crippen LogP contribution in [0.2, 0.25) is 0 Å². The van der Waals surface area contributed by atoms with Crippen LogP contribution in [0.25, 0.3) is 0 Å². The first-order chi connectivity index (χ1) is 11.0. The van der Waals surface area contributed by atoms with Gasteiger partial charge in [-0.2, -0.15) is 0 Å². The zero-order valence-electron chi connectivity index (χ0n) is 13.3. The van der Waals surface area contributed by atoms with Crippen LogP contribution in [0, 0.1) is 5.41 Å². The Morgan fingerprint density at radius 3 is 2.43 bits per heavy atom. The summed E-state index contributed by atoms with van der Waals surface area (Å²) in [5.74, 6) is -0.291. The fourth-order valence-electron chi connectivity index (χ4n) is 2.56. The van der Waals surface area contributed by atoms with Crippen LogP contribution in [-0.2, 0) is 9.53 Å². The third-order valence-electron chi connectivity index (χ3n) is 4.14. The van der Waals surface area contributed by atoms with Gasteiger partial charge in [0.25, 0.3) is 5.91 Å². The molecule has 0 unspecified atom stereocenters. The number of methoxy groups -OCH3 is 2. The Bertz CT molecular complexity index is 580. The van der Waals surface area contributed by atoms with Gasteiger partial charge in [-0.1, -0.05) is 0 Å². The van der Waals surface area contributed by atoms with Gasteiger partial charge in [-0.05, 0) is 31.0 Å². The summed E-state index contributed by atoms with van der Waals surface area (Å²) in [7, 11) is 3.00. The Labute approximate surface area is 134 Å². The second-order valence-corrected chi connectivity index (χ2v) is 5.45. The minimum Gasteiger partial charge on any atom is -0.493 e. The molecule has 126 valence electrons. The van der Waals surface area contributed by atoms with Gasteiger partial charge in [-0.25, -0.2) is 0 Å². The molecule has 0 radical (unpaired) electrons. The number of hydrogen-bond acceptors (Lipinski definition) is 5. The van der Waals surface area contributed by atoms with Crippen molar-refractivity contribution in [2.24, 2.45) is 5.41 Å². The number of amides is 1. The molecule has 1 aliphatic rings. The summed E-state index contributed by atoms with van der Waals surface area (Å²) in [6, 6.07) is 4.80. The van der Waals surface area contributed by atoms with Crippen LogP contribution in [-0.4, -0.2) is 51.0 Å². The summed E-state index contributed by atoms with van der Waals surface area (Å²) in [4.78, 5) is 23.9. The molecule has 1 aliphatic heterocycles. The van der Waals surface area contributed by atoms with Crippen LogP contribution in [0.1, 0.15) is 23.2 Å². The van der Waals surface area contributed by atoms with Gasteiger partial charge in [-0.3, -0.25) is 9.59 Å². The van der Waals surface area contributed by atoms with Crippen molar-refractivity contribution in [1.82, 2.24) is 5.32 Å². The number of ether oxygens (including phenoxy) is 3. The number of carbonyl (C=O) groups is 2. The van der Waals surface area contributed by atoms with Crippen molar-refractivity contribution < 1.29 is 28.9 Å². The molecule has 0 aromatic heterocycles. The van der Waals surface area contributed by atoms with Crippen LogP contribution in [0.15, 0.2) is 18.2 Å². The molecule has 23 heavy (non-hydrogen) atoms. The van der Waals surface area contributed by atoms with E-state index in [1.54, 1.807) is 18.2 Å². The number of rotatable bonds is 6. The van der Waals surface area contributed by atoms with Crippen molar-refractivity contribution in [3.63, 3.8) is 0 Å². The molecule has 0 aliphatic carbocycles. The van der Waals surface area contributed by atoms with E-state index in [4.69, 9.17) is 14.2 Å². The van der Waals surface area contributed by atoms with Gasteiger partial charge in [-0.15, -0.1) is 0 Å². The second-order valence-electron chi connectivity index (χ2n) is 5.45. The molecule has 0 saturated carbocycles. The Morgan fingerprint density at radius 2 is 1.87 bits per heavy atom. The molecule has 7 nitrogen and oxygen atoms in total. The van der Waals surface area contributed by atoms with Crippen molar-refractivity contribution in [1.29, 1.82) is 0 Å². The van der Waals surface area contributed by atoms with Gasteiger partial charge in [0.05, 0.1) is 19.6 Å². The Balaban J connectivity index is 2.08. The van der Waals surface area contributed by atoms with Gasteiger partial charge in [0.15, 0.2) is 11.5 Å². The largest absolute Gasteiger partial charge is 0.493 e. The third-order valence-corrected chi connectivity index (χ3v) is 4.14. The SMILES string of the molecule is COc1ccc(C(=O)NCC2(C(=O)O)CCOCC2)cc1OC. The lowest BCUT2D eigenvalue weighted by molar-refractivity contribution is -0.154. The third kappa shape index (κ3) is 3.73. The number of hydrogen-bond donors (Lipinski definition) is 2. The highest BCUT2D eigenvalue weighted by atomic mass is 16.5. The number of benzene rings is 1.